The third kappa shape index (κ3) is 4.38. The zero-order chi connectivity index (χ0) is 15.4. The molecule has 2 aromatic carbocycles. The average molecular weight is 323 g/mol. The van der Waals surface area contributed by atoms with Gasteiger partial charge < -0.3 is 10.6 Å². The Bertz CT molecular complexity index is 641. The summed E-state index contributed by atoms with van der Waals surface area (Å²) in [5.41, 5.74) is 2.64. The molecule has 5 heteroatoms. The maximum Gasteiger partial charge on any atom is 0.221 e. The molecule has 0 aliphatic rings. The van der Waals surface area contributed by atoms with E-state index in [1.54, 1.807) is 12.1 Å². The zero-order valence-electron chi connectivity index (χ0n) is 11.8. The number of hydrogen-bond donors (Lipinski definition) is 2. The Kier molecular flexibility index (Phi) is 5.10. The Morgan fingerprint density at radius 2 is 1.67 bits per heavy atom. The van der Waals surface area contributed by atoms with Gasteiger partial charge in [-0.3, -0.25) is 4.79 Å². The lowest BCUT2D eigenvalue weighted by Gasteiger charge is -2.17. The highest BCUT2D eigenvalue weighted by Gasteiger charge is 2.10. The second-order valence-electron chi connectivity index (χ2n) is 4.79. The Balaban J connectivity index is 2.10. The topological polar surface area (TPSA) is 41.1 Å². The van der Waals surface area contributed by atoms with Crippen molar-refractivity contribution in [1.29, 1.82) is 0 Å². The molecule has 21 heavy (non-hydrogen) atoms. The van der Waals surface area contributed by atoms with Crippen molar-refractivity contribution in [3.63, 3.8) is 0 Å². The van der Waals surface area contributed by atoms with Gasteiger partial charge in [-0.15, -0.1) is 0 Å². The van der Waals surface area contributed by atoms with E-state index in [4.69, 9.17) is 23.2 Å². The Morgan fingerprint density at radius 1 is 1.05 bits per heavy atom. The maximum atomic E-state index is 11.0. The molecule has 0 aromatic heterocycles. The number of carbonyl (C=O) groups is 1. The van der Waals surface area contributed by atoms with Crippen molar-refractivity contribution in [3.8, 4) is 0 Å². The van der Waals surface area contributed by atoms with Crippen LogP contribution in [0, 0.1) is 0 Å². The van der Waals surface area contributed by atoms with Gasteiger partial charge in [0, 0.05) is 28.3 Å². The van der Waals surface area contributed by atoms with Gasteiger partial charge in [0.05, 0.1) is 6.04 Å². The average Bonchev–Trinajstić information content (AvgIpc) is 2.43. The molecule has 0 spiro atoms. The summed E-state index contributed by atoms with van der Waals surface area (Å²) in [6.45, 7) is 3.49. The van der Waals surface area contributed by atoms with Crippen LogP contribution in [0.1, 0.15) is 25.5 Å². The van der Waals surface area contributed by atoms with Crippen molar-refractivity contribution in [2.75, 3.05) is 10.6 Å². The van der Waals surface area contributed by atoms with Crippen LogP contribution in [0.4, 0.5) is 11.4 Å². The third-order valence-corrected chi connectivity index (χ3v) is 3.59. The quantitative estimate of drug-likeness (QED) is 0.819. The van der Waals surface area contributed by atoms with Crippen molar-refractivity contribution >= 4 is 40.5 Å². The first kappa shape index (κ1) is 15.7. The Hall–Kier alpha value is -1.71. The lowest BCUT2D eigenvalue weighted by molar-refractivity contribution is -0.114. The highest BCUT2D eigenvalue weighted by molar-refractivity contribution is 6.33. The number of anilines is 2. The predicted molar refractivity (Wildman–Crippen MR) is 89.2 cm³/mol. The van der Waals surface area contributed by atoms with E-state index < -0.39 is 0 Å². The number of rotatable bonds is 4. The van der Waals surface area contributed by atoms with Crippen LogP contribution in [0.2, 0.25) is 10.0 Å². The van der Waals surface area contributed by atoms with Crippen molar-refractivity contribution in [2.45, 2.75) is 19.9 Å². The molecule has 0 saturated heterocycles. The smallest absolute Gasteiger partial charge is 0.221 e. The molecule has 0 aliphatic carbocycles. The molecule has 0 heterocycles. The molecule has 2 aromatic rings. The van der Waals surface area contributed by atoms with Crippen LogP contribution in [0.3, 0.4) is 0 Å². The number of nitrogens with one attached hydrogen (secondary N) is 2. The van der Waals surface area contributed by atoms with Crippen molar-refractivity contribution in [1.82, 2.24) is 0 Å². The fourth-order valence-electron chi connectivity index (χ4n) is 2.03. The minimum atomic E-state index is -0.0882. The first-order valence-corrected chi connectivity index (χ1v) is 7.30. The van der Waals surface area contributed by atoms with Gasteiger partial charge in [0.25, 0.3) is 0 Å². The van der Waals surface area contributed by atoms with E-state index in [0.717, 1.165) is 16.9 Å². The van der Waals surface area contributed by atoms with Crippen molar-refractivity contribution in [2.24, 2.45) is 0 Å². The molecule has 0 saturated carbocycles. The SMILES string of the molecule is CC(=O)Nc1ccc(NC(C)c2cc(Cl)ccc2Cl)cc1. The first-order chi connectivity index (χ1) is 9.95. The molecular formula is C16H16Cl2N2O. The minimum absolute atomic E-state index is 0.0165. The minimum Gasteiger partial charge on any atom is -0.378 e. The molecule has 0 fully saturated rings. The number of amides is 1. The predicted octanol–water partition coefficient (Wildman–Crippen LogP) is 5.12. The lowest BCUT2D eigenvalue weighted by Crippen LogP contribution is -2.08. The van der Waals surface area contributed by atoms with Crippen molar-refractivity contribution in [3.05, 3.63) is 58.1 Å². The van der Waals surface area contributed by atoms with Crippen LogP contribution < -0.4 is 10.6 Å². The van der Waals surface area contributed by atoms with E-state index in [0.29, 0.717) is 10.0 Å². The van der Waals surface area contributed by atoms with Gasteiger partial charge in [0.15, 0.2) is 0 Å². The van der Waals surface area contributed by atoms with Gasteiger partial charge in [0.2, 0.25) is 5.91 Å². The van der Waals surface area contributed by atoms with Gasteiger partial charge in [-0.25, -0.2) is 0 Å². The molecule has 2 N–H and O–H groups in total. The van der Waals surface area contributed by atoms with Crippen LogP contribution in [0.25, 0.3) is 0 Å². The number of benzene rings is 2. The molecule has 0 radical (unpaired) electrons. The monoisotopic (exact) mass is 322 g/mol. The highest BCUT2D eigenvalue weighted by atomic mass is 35.5. The summed E-state index contributed by atoms with van der Waals surface area (Å²) in [5, 5.41) is 7.41. The zero-order valence-corrected chi connectivity index (χ0v) is 13.3. The number of carbonyl (C=O) groups excluding carboxylic acids is 1. The van der Waals surface area contributed by atoms with Gasteiger partial charge in [-0.2, -0.15) is 0 Å². The fraction of sp³-hybridized carbons (Fsp3) is 0.188. The molecule has 3 nitrogen and oxygen atoms in total. The number of halogens is 2. The fourth-order valence-corrected chi connectivity index (χ4v) is 2.49. The second kappa shape index (κ2) is 6.83. The molecule has 1 atom stereocenters. The standard InChI is InChI=1S/C16H16Cl2N2O/c1-10(15-9-12(17)3-8-16(15)18)19-13-4-6-14(7-5-13)20-11(2)21/h3-10,19H,1-2H3,(H,20,21). The molecule has 110 valence electrons. The molecular weight excluding hydrogens is 307 g/mol. The largest absolute Gasteiger partial charge is 0.378 e. The van der Waals surface area contributed by atoms with Crippen LogP contribution >= 0.6 is 23.2 Å². The van der Waals surface area contributed by atoms with Crippen molar-refractivity contribution < 1.29 is 4.79 Å². The van der Waals surface area contributed by atoms with Crippen LogP contribution in [0.15, 0.2) is 42.5 Å². The normalized spacial score (nSPS) is 11.8. The van der Waals surface area contributed by atoms with E-state index in [9.17, 15) is 4.79 Å². The van der Waals surface area contributed by atoms with Gasteiger partial charge >= 0.3 is 0 Å². The summed E-state index contributed by atoms with van der Waals surface area (Å²) < 4.78 is 0. The van der Waals surface area contributed by atoms with E-state index in [-0.39, 0.29) is 11.9 Å². The van der Waals surface area contributed by atoms with Crippen LogP contribution in [0.5, 0.6) is 0 Å². The number of hydrogen-bond acceptors (Lipinski definition) is 2. The van der Waals surface area contributed by atoms with E-state index in [1.807, 2.05) is 37.3 Å². The molecule has 1 amide bonds. The van der Waals surface area contributed by atoms with Crippen LogP contribution in [-0.4, -0.2) is 5.91 Å². The Labute approximate surface area is 134 Å². The summed E-state index contributed by atoms with van der Waals surface area (Å²) >= 11 is 12.2. The maximum absolute atomic E-state index is 11.0. The summed E-state index contributed by atoms with van der Waals surface area (Å²) in [7, 11) is 0. The summed E-state index contributed by atoms with van der Waals surface area (Å²) in [5.74, 6) is -0.0882. The summed E-state index contributed by atoms with van der Waals surface area (Å²) in [4.78, 5) is 11.0. The van der Waals surface area contributed by atoms with E-state index >= 15 is 0 Å². The van der Waals surface area contributed by atoms with E-state index in [2.05, 4.69) is 10.6 Å². The highest BCUT2D eigenvalue weighted by Crippen LogP contribution is 2.28. The van der Waals surface area contributed by atoms with Gasteiger partial charge in [-0.05, 0) is 55.0 Å². The molecule has 0 aliphatic heterocycles. The third-order valence-electron chi connectivity index (χ3n) is 3.01. The Morgan fingerprint density at radius 3 is 2.29 bits per heavy atom. The lowest BCUT2D eigenvalue weighted by atomic mass is 10.1. The van der Waals surface area contributed by atoms with Gasteiger partial charge in [-0.1, -0.05) is 23.2 Å². The summed E-state index contributed by atoms with van der Waals surface area (Å²) in [6.07, 6.45) is 0. The molecule has 0 bridgehead atoms. The molecule has 1 unspecified atom stereocenters. The summed E-state index contributed by atoms with van der Waals surface area (Å²) in [6, 6.07) is 12.9. The van der Waals surface area contributed by atoms with E-state index in [1.165, 1.54) is 6.92 Å². The first-order valence-electron chi connectivity index (χ1n) is 6.55. The van der Waals surface area contributed by atoms with Gasteiger partial charge in [0.1, 0.15) is 0 Å². The second-order valence-corrected chi connectivity index (χ2v) is 5.63. The molecule has 2 rings (SSSR count). The van der Waals surface area contributed by atoms with Crippen LogP contribution in [-0.2, 0) is 4.79 Å².